The van der Waals surface area contributed by atoms with Crippen LogP contribution in [0.25, 0.3) is 0 Å². The molecule has 18 heavy (non-hydrogen) atoms. The van der Waals surface area contributed by atoms with Crippen LogP contribution in [-0.2, 0) is 10.0 Å². The van der Waals surface area contributed by atoms with Crippen LogP contribution in [0.3, 0.4) is 0 Å². The lowest BCUT2D eigenvalue weighted by molar-refractivity contribution is 0.270. The van der Waals surface area contributed by atoms with Gasteiger partial charge in [-0.3, -0.25) is 0 Å². The summed E-state index contributed by atoms with van der Waals surface area (Å²) in [6.07, 6.45) is 1.77. The standard InChI is InChI=1S/C12H16N2O2S2/c1-8-6-9(7-8)14-18(15,16)11-5-3-2-4-10(11)12(13)17/h2-5,8-9,14H,6-7H2,1H3,(H2,13,17). The molecule has 0 aliphatic heterocycles. The maximum absolute atomic E-state index is 12.2. The van der Waals surface area contributed by atoms with Crippen molar-refractivity contribution in [3.05, 3.63) is 29.8 Å². The van der Waals surface area contributed by atoms with Crippen molar-refractivity contribution in [2.45, 2.75) is 30.7 Å². The van der Waals surface area contributed by atoms with E-state index in [1.807, 2.05) is 0 Å². The highest BCUT2D eigenvalue weighted by molar-refractivity contribution is 7.89. The van der Waals surface area contributed by atoms with Gasteiger partial charge in [-0.1, -0.05) is 37.3 Å². The van der Waals surface area contributed by atoms with Crippen LogP contribution in [0.1, 0.15) is 25.3 Å². The molecule has 0 heterocycles. The summed E-state index contributed by atoms with van der Waals surface area (Å²) < 4.78 is 27.2. The number of nitrogens with one attached hydrogen (secondary N) is 1. The predicted octanol–water partition coefficient (Wildman–Crippen LogP) is 1.40. The molecule has 1 aliphatic carbocycles. The van der Waals surface area contributed by atoms with E-state index in [1.165, 1.54) is 6.07 Å². The summed E-state index contributed by atoms with van der Waals surface area (Å²) in [7, 11) is -3.54. The van der Waals surface area contributed by atoms with Gasteiger partial charge in [-0.15, -0.1) is 0 Å². The lowest BCUT2D eigenvalue weighted by Crippen LogP contribution is -2.43. The van der Waals surface area contributed by atoms with E-state index in [0.29, 0.717) is 11.5 Å². The summed E-state index contributed by atoms with van der Waals surface area (Å²) in [6.45, 7) is 2.10. The molecule has 0 atom stereocenters. The maximum Gasteiger partial charge on any atom is 0.241 e. The minimum Gasteiger partial charge on any atom is -0.389 e. The number of benzene rings is 1. The van der Waals surface area contributed by atoms with Crippen molar-refractivity contribution in [2.24, 2.45) is 11.7 Å². The molecule has 6 heteroatoms. The Morgan fingerprint density at radius 2 is 2.00 bits per heavy atom. The molecule has 1 aromatic carbocycles. The van der Waals surface area contributed by atoms with Crippen molar-refractivity contribution in [3.8, 4) is 0 Å². The number of hydrogen-bond donors (Lipinski definition) is 2. The van der Waals surface area contributed by atoms with Crippen molar-refractivity contribution in [2.75, 3.05) is 0 Å². The molecule has 2 rings (SSSR count). The summed E-state index contributed by atoms with van der Waals surface area (Å²) >= 11 is 4.88. The van der Waals surface area contributed by atoms with E-state index in [-0.39, 0.29) is 15.9 Å². The average Bonchev–Trinajstić information content (AvgIpc) is 2.26. The van der Waals surface area contributed by atoms with Crippen molar-refractivity contribution >= 4 is 27.2 Å². The zero-order chi connectivity index (χ0) is 13.3. The Labute approximate surface area is 113 Å². The first kappa shape index (κ1) is 13.5. The largest absolute Gasteiger partial charge is 0.389 e. The molecule has 3 N–H and O–H groups in total. The first-order chi connectivity index (χ1) is 8.40. The zero-order valence-corrected chi connectivity index (χ0v) is 11.7. The Morgan fingerprint density at radius 1 is 1.39 bits per heavy atom. The van der Waals surface area contributed by atoms with E-state index in [4.69, 9.17) is 18.0 Å². The highest BCUT2D eigenvalue weighted by Crippen LogP contribution is 2.28. The molecule has 0 spiro atoms. The zero-order valence-electron chi connectivity index (χ0n) is 10.1. The Bertz CT molecular complexity index is 563. The minimum atomic E-state index is -3.54. The second kappa shape index (κ2) is 4.95. The van der Waals surface area contributed by atoms with Crippen LogP contribution in [0, 0.1) is 5.92 Å². The molecule has 0 bridgehead atoms. The molecular formula is C12H16N2O2S2. The van der Waals surface area contributed by atoms with Crippen LogP contribution in [0.15, 0.2) is 29.2 Å². The van der Waals surface area contributed by atoms with E-state index in [2.05, 4.69) is 11.6 Å². The third-order valence-electron chi connectivity index (χ3n) is 3.14. The second-order valence-corrected chi connectivity index (χ2v) is 6.88. The molecule has 1 aromatic rings. The Balaban J connectivity index is 2.27. The fraction of sp³-hybridized carbons (Fsp3) is 0.417. The van der Waals surface area contributed by atoms with Crippen LogP contribution >= 0.6 is 12.2 Å². The number of nitrogens with two attached hydrogens (primary N) is 1. The van der Waals surface area contributed by atoms with Crippen LogP contribution in [0.2, 0.25) is 0 Å². The van der Waals surface area contributed by atoms with Gasteiger partial charge in [0.2, 0.25) is 10.0 Å². The van der Waals surface area contributed by atoms with Crippen molar-refractivity contribution in [3.63, 3.8) is 0 Å². The monoisotopic (exact) mass is 284 g/mol. The van der Waals surface area contributed by atoms with E-state index in [0.717, 1.165) is 12.8 Å². The molecule has 0 saturated heterocycles. The van der Waals surface area contributed by atoms with Crippen molar-refractivity contribution < 1.29 is 8.42 Å². The van der Waals surface area contributed by atoms with Crippen LogP contribution < -0.4 is 10.5 Å². The van der Waals surface area contributed by atoms with Gasteiger partial charge in [0.25, 0.3) is 0 Å². The van der Waals surface area contributed by atoms with Gasteiger partial charge >= 0.3 is 0 Å². The van der Waals surface area contributed by atoms with Crippen LogP contribution in [0.4, 0.5) is 0 Å². The second-order valence-electron chi connectivity index (χ2n) is 4.76. The molecule has 1 saturated carbocycles. The van der Waals surface area contributed by atoms with Crippen LogP contribution in [0.5, 0.6) is 0 Å². The lowest BCUT2D eigenvalue weighted by Gasteiger charge is -2.33. The van der Waals surface area contributed by atoms with Gasteiger partial charge in [0.15, 0.2) is 0 Å². The quantitative estimate of drug-likeness (QED) is 0.820. The molecule has 0 amide bonds. The third-order valence-corrected chi connectivity index (χ3v) is 4.94. The van der Waals surface area contributed by atoms with E-state index in [9.17, 15) is 8.42 Å². The number of rotatable bonds is 4. The Morgan fingerprint density at radius 3 is 2.56 bits per heavy atom. The fourth-order valence-corrected chi connectivity index (χ4v) is 3.91. The minimum absolute atomic E-state index is 0.0319. The molecule has 98 valence electrons. The van der Waals surface area contributed by atoms with Crippen molar-refractivity contribution in [1.29, 1.82) is 0 Å². The normalized spacial score (nSPS) is 23.4. The van der Waals surface area contributed by atoms with E-state index in [1.54, 1.807) is 18.2 Å². The highest BCUT2D eigenvalue weighted by Gasteiger charge is 2.30. The Kier molecular flexibility index (Phi) is 3.70. The van der Waals surface area contributed by atoms with Crippen molar-refractivity contribution in [1.82, 2.24) is 4.72 Å². The van der Waals surface area contributed by atoms with Gasteiger partial charge in [-0.05, 0) is 24.8 Å². The summed E-state index contributed by atoms with van der Waals surface area (Å²) in [6, 6.07) is 6.57. The summed E-state index contributed by atoms with van der Waals surface area (Å²) in [5.74, 6) is 0.587. The number of sulfonamides is 1. The molecular weight excluding hydrogens is 268 g/mol. The maximum atomic E-state index is 12.2. The van der Waals surface area contributed by atoms with Crippen LogP contribution in [-0.4, -0.2) is 19.4 Å². The lowest BCUT2D eigenvalue weighted by atomic mass is 9.83. The summed E-state index contributed by atoms with van der Waals surface area (Å²) in [4.78, 5) is 0.259. The van der Waals surface area contributed by atoms with Gasteiger partial charge < -0.3 is 5.73 Å². The first-order valence-corrected chi connectivity index (χ1v) is 7.70. The predicted molar refractivity (Wildman–Crippen MR) is 74.8 cm³/mol. The van der Waals surface area contributed by atoms with Gasteiger partial charge in [0.1, 0.15) is 4.99 Å². The van der Waals surface area contributed by atoms with E-state index >= 15 is 0 Å². The molecule has 1 fully saturated rings. The van der Waals surface area contributed by atoms with Gasteiger partial charge in [0, 0.05) is 11.6 Å². The summed E-state index contributed by atoms with van der Waals surface area (Å²) in [5.41, 5.74) is 5.95. The topological polar surface area (TPSA) is 72.2 Å². The average molecular weight is 284 g/mol. The van der Waals surface area contributed by atoms with E-state index < -0.39 is 10.0 Å². The smallest absolute Gasteiger partial charge is 0.241 e. The molecule has 0 unspecified atom stereocenters. The number of thiocarbonyl (C=S) groups is 1. The highest BCUT2D eigenvalue weighted by atomic mass is 32.2. The number of hydrogen-bond acceptors (Lipinski definition) is 3. The van der Waals surface area contributed by atoms with Gasteiger partial charge in [0.05, 0.1) is 4.90 Å². The molecule has 1 aliphatic rings. The third kappa shape index (κ3) is 2.71. The fourth-order valence-electron chi connectivity index (χ4n) is 2.19. The first-order valence-electron chi connectivity index (χ1n) is 5.81. The molecule has 0 radical (unpaired) electrons. The Hall–Kier alpha value is -0.980. The molecule has 4 nitrogen and oxygen atoms in total. The SMILES string of the molecule is CC1CC(NS(=O)(=O)c2ccccc2C(N)=S)C1. The molecule has 0 aromatic heterocycles. The van der Waals surface area contributed by atoms with Gasteiger partial charge in [-0.2, -0.15) is 0 Å². The van der Waals surface area contributed by atoms with Gasteiger partial charge in [-0.25, -0.2) is 13.1 Å². The summed E-state index contributed by atoms with van der Waals surface area (Å²) in [5, 5.41) is 0.